The Labute approximate surface area is 281 Å². The Morgan fingerprint density at radius 2 is 1.73 bits per heavy atom. The predicted molar refractivity (Wildman–Crippen MR) is 182 cm³/mol. The fraction of sp³-hybridized carbons (Fsp3) is 0.571. The number of carbonyl (C=O) groups is 3. The normalized spacial score (nSPS) is 23.3. The van der Waals surface area contributed by atoms with Crippen molar-refractivity contribution in [3.8, 4) is 17.3 Å². The first-order chi connectivity index (χ1) is 22.6. The number of nitrogens with one attached hydrogen (secondary N) is 2. The average molecular weight is 664 g/mol. The number of hydrogen-bond acceptors (Lipinski definition) is 9. The van der Waals surface area contributed by atoms with Crippen LogP contribution in [0.15, 0.2) is 36.5 Å². The van der Waals surface area contributed by atoms with Crippen molar-refractivity contribution in [2.75, 3.05) is 19.0 Å². The first-order valence-corrected chi connectivity index (χ1v) is 16.7. The van der Waals surface area contributed by atoms with Gasteiger partial charge in [0.1, 0.15) is 41.6 Å². The van der Waals surface area contributed by atoms with Crippen molar-refractivity contribution in [1.82, 2.24) is 25.0 Å². The number of methoxy groups -OCH3 is 1. The number of rotatable bonds is 10. The van der Waals surface area contributed by atoms with E-state index in [9.17, 15) is 14.4 Å². The van der Waals surface area contributed by atoms with Crippen LogP contribution >= 0.6 is 0 Å². The fourth-order valence-corrected chi connectivity index (χ4v) is 6.51. The van der Waals surface area contributed by atoms with Crippen LogP contribution in [0.2, 0.25) is 0 Å². The van der Waals surface area contributed by atoms with E-state index < -0.39 is 41.5 Å². The number of primary amides is 1. The third-order valence-electron chi connectivity index (χ3n) is 9.28. The number of carbonyl (C=O) groups excluding carboxylic acids is 3. The maximum absolute atomic E-state index is 14.1. The largest absolute Gasteiger partial charge is 0.497 e. The summed E-state index contributed by atoms with van der Waals surface area (Å²) in [6.45, 7) is 14.0. The van der Waals surface area contributed by atoms with E-state index >= 15 is 0 Å². The molecule has 1 aliphatic heterocycles. The predicted octanol–water partition coefficient (Wildman–Crippen LogP) is 4.66. The van der Waals surface area contributed by atoms with Crippen LogP contribution in [0.4, 0.5) is 10.6 Å². The molecule has 0 spiro atoms. The standard InChI is InChI=1S/C35H49N7O6/c1-19(2)37-29-11-12-42(40-29)30-17-28(25-10-9-22(46-8)15-26(25)38-30)47-24-16-27(32(36)43)41(18-24)33(44)31(35(5,6)7)39-34(45)48-23-13-20(3)21(4)14-23/h9-12,15,17,19-21,23-24,27,31H,13-14,16,18H2,1-8H3,(H2,36,43)(H,37,40)(H,39,45)/t20-,21?,23+,24?,27+,31-/m1/s1. The molecule has 1 aromatic carbocycles. The quantitative estimate of drug-likeness (QED) is 0.280. The third-order valence-corrected chi connectivity index (χ3v) is 9.28. The number of anilines is 1. The molecule has 3 heterocycles. The zero-order valence-corrected chi connectivity index (χ0v) is 29.1. The Morgan fingerprint density at radius 1 is 1.02 bits per heavy atom. The van der Waals surface area contributed by atoms with Gasteiger partial charge in [0.2, 0.25) is 11.8 Å². The lowest BCUT2D eigenvalue weighted by molar-refractivity contribution is -0.141. The molecule has 13 nitrogen and oxygen atoms in total. The van der Waals surface area contributed by atoms with E-state index in [0.717, 1.165) is 18.2 Å². The minimum atomic E-state index is -0.962. The van der Waals surface area contributed by atoms with Gasteiger partial charge < -0.3 is 35.5 Å². The van der Waals surface area contributed by atoms with Crippen LogP contribution < -0.4 is 25.8 Å². The molecule has 1 saturated heterocycles. The lowest BCUT2D eigenvalue weighted by Gasteiger charge is -2.35. The van der Waals surface area contributed by atoms with Crippen LogP contribution in [0.25, 0.3) is 16.7 Å². The molecule has 13 heteroatoms. The van der Waals surface area contributed by atoms with Crippen molar-refractivity contribution in [3.63, 3.8) is 0 Å². The summed E-state index contributed by atoms with van der Waals surface area (Å²) in [7, 11) is 1.59. The first-order valence-electron chi connectivity index (χ1n) is 16.7. The smallest absolute Gasteiger partial charge is 0.408 e. The molecule has 2 aromatic heterocycles. The Balaban J connectivity index is 1.39. The van der Waals surface area contributed by atoms with Crippen molar-refractivity contribution in [3.05, 3.63) is 36.5 Å². The summed E-state index contributed by atoms with van der Waals surface area (Å²) in [5.74, 6) is 2.19. The van der Waals surface area contributed by atoms with Gasteiger partial charge in [-0.3, -0.25) is 9.59 Å². The van der Waals surface area contributed by atoms with Crippen molar-refractivity contribution in [2.45, 2.75) is 98.1 Å². The highest BCUT2D eigenvalue weighted by Gasteiger charge is 2.45. The molecule has 2 aliphatic rings. The monoisotopic (exact) mass is 663 g/mol. The van der Waals surface area contributed by atoms with E-state index in [4.69, 9.17) is 24.9 Å². The number of hydrogen-bond donors (Lipinski definition) is 3. The molecule has 6 atom stereocenters. The maximum Gasteiger partial charge on any atom is 0.408 e. The Hall–Kier alpha value is -4.55. The van der Waals surface area contributed by atoms with Crippen molar-refractivity contribution < 1.29 is 28.6 Å². The highest BCUT2D eigenvalue weighted by Crippen LogP contribution is 2.35. The van der Waals surface area contributed by atoms with E-state index in [2.05, 4.69) is 29.6 Å². The van der Waals surface area contributed by atoms with Crippen molar-refractivity contribution >= 4 is 34.6 Å². The molecule has 5 rings (SSSR count). The fourth-order valence-electron chi connectivity index (χ4n) is 6.51. The van der Waals surface area contributed by atoms with Gasteiger partial charge in [-0.25, -0.2) is 14.5 Å². The third kappa shape index (κ3) is 7.77. The molecule has 3 amide bonds. The van der Waals surface area contributed by atoms with Gasteiger partial charge in [0.15, 0.2) is 5.82 Å². The SMILES string of the molecule is COc1ccc2c(OC3C[C@@H](C(N)=O)N(C(=O)[C@@H](NC(=O)O[C@@H]4CC(C)[C@H](C)C4)C(C)(C)C)C3)cc(-n3ccc(NC(C)C)n3)nc2c1. The van der Waals surface area contributed by atoms with Crippen LogP contribution in [0.3, 0.4) is 0 Å². The second-order valence-electron chi connectivity index (χ2n) is 14.6. The van der Waals surface area contributed by atoms with E-state index in [1.807, 2.05) is 58.9 Å². The lowest BCUT2D eigenvalue weighted by Crippen LogP contribution is -2.57. The first kappa shape index (κ1) is 34.8. The zero-order valence-electron chi connectivity index (χ0n) is 29.1. The number of ether oxygens (including phenoxy) is 3. The van der Waals surface area contributed by atoms with Gasteiger partial charge >= 0.3 is 6.09 Å². The second-order valence-corrected chi connectivity index (χ2v) is 14.6. The number of pyridine rings is 1. The minimum absolute atomic E-state index is 0.0902. The summed E-state index contributed by atoms with van der Waals surface area (Å²) in [4.78, 5) is 46.1. The Kier molecular flexibility index (Phi) is 10.1. The molecule has 0 bridgehead atoms. The molecule has 3 aromatic rings. The van der Waals surface area contributed by atoms with E-state index in [1.165, 1.54) is 4.90 Å². The topological polar surface area (TPSA) is 163 Å². The molecule has 260 valence electrons. The summed E-state index contributed by atoms with van der Waals surface area (Å²) >= 11 is 0. The molecule has 1 aliphatic carbocycles. The highest BCUT2D eigenvalue weighted by atomic mass is 16.6. The van der Waals surface area contributed by atoms with Gasteiger partial charge in [-0.2, -0.15) is 0 Å². The molecule has 48 heavy (non-hydrogen) atoms. The number of alkyl carbamates (subject to hydrolysis) is 1. The zero-order chi connectivity index (χ0) is 34.9. The number of fused-ring (bicyclic) bond motifs is 1. The van der Waals surface area contributed by atoms with Crippen LogP contribution in [0.1, 0.15) is 67.7 Å². The molecule has 1 saturated carbocycles. The Morgan fingerprint density at radius 3 is 2.35 bits per heavy atom. The molecule has 0 radical (unpaired) electrons. The lowest BCUT2D eigenvalue weighted by atomic mass is 9.85. The van der Waals surface area contributed by atoms with Gasteiger partial charge in [0.05, 0.1) is 19.2 Å². The molecule has 4 N–H and O–H groups in total. The highest BCUT2D eigenvalue weighted by molar-refractivity contribution is 5.92. The van der Waals surface area contributed by atoms with Gasteiger partial charge in [-0.15, -0.1) is 5.10 Å². The molecule has 2 unspecified atom stereocenters. The second kappa shape index (κ2) is 13.9. The van der Waals surface area contributed by atoms with Crippen LogP contribution in [0, 0.1) is 17.3 Å². The summed E-state index contributed by atoms with van der Waals surface area (Å²) < 4.78 is 19.4. The minimum Gasteiger partial charge on any atom is -0.497 e. The Bertz CT molecular complexity index is 1640. The van der Waals surface area contributed by atoms with E-state index in [-0.39, 0.29) is 25.1 Å². The number of amides is 3. The van der Waals surface area contributed by atoms with Gasteiger partial charge in [0, 0.05) is 42.2 Å². The molecule has 2 fully saturated rings. The summed E-state index contributed by atoms with van der Waals surface area (Å²) in [5, 5.41) is 11.4. The molecular weight excluding hydrogens is 614 g/mol. The number of nitrogens with two attached hydrogens (primary N) is 1. The van der Waals surface area contributed by atoms with Crippen molar-refractivity contribution in [2.24, 2.45) is 23.0 Å². The van der Waals surface area contributed by atoms with E-state index in [0.29, 0.717) is 40.5 Å². The van der Waals surface area contributed by atoms with Gasteiger partial charge in [-0.05, 0) is 56.1 Å². The number of likely N-dealkylation sites (tertiary alicyclic amines) is 1. The van der Waals surface area contributed by atoms with Crippen molar-refractivity contribution in [1.29, 1.82) is 0 Å². The number of aromatic nitrogens is 3. The van der Waals surface area contributed by atoms with Crippen LogP contribution in [-0.4, -0.2) is 81.6 Å². The van der Waals surface area contributed by atoms with Gasteiger partial charge in [-0.1, -0.05) is 34.6 Å². The summed E-state index contributed by atoms with van der Waals surface area (Å²) in [6, 6.07) is 7.44. The average Bonchev–Trinajstić information content (AvgIpc) is 3.73. The maximum atomic E-state index is 14.1. The van der Waals surface area contributed by atoms with Gasteiger partial charge in [0.25, 0.3) is 0 Å². The summed E-state index contributed by atoms with van der Waals surface area (Å²) in [5.41, 5.74) is 5.78. The number of nitrogens with zero attached hydrogens (tertiary/aromatic N) is 4. The van der Waals surface area contributed by atoms with E-state index in [1.54, 1.807) is 24.1 Å². The number of benzene rings is 1. The summed E-state index contributed by atoms with van der Waals surface area (Å²) in [6.07, 6.45) is 2.14. The van der Waals surface area contributed by atoms with Crippen LogP contribution in [-0.2, 0) is 14.3 Å². The molecular formula is C35H49N7O6. The van der Waals surface area contributed by atoms with Crippen LogP contribution in [0.5, 0.6) is 11.5 Å².